The predicted octanol–water partition coefficient (Wildman–Crippen LogP) is 2.74. The second-order valence-electron chi connectivity index (χ2n) is 3.00. The van der Waals surface area contributed by atoms with E-state index in [0.29, 0.717) is 0 Å². The van der Waals surface area contributed by atoms with E-state index in [1.807, 2.05) is 0 Å². The molecule has 0 aromatic carbocycles. The van der Waals surface area contributed by atoms with Gasteiger partial charge in [-0.3, -0.25) is 0 Å². The fraction of sp³-hybridized carbons (Fsp3) is 0.833. The lowest BCUT2D eigenvalue weighted by atomic mass is 10.2. The van der Waals surface area contributed by atoms with Crippen LogP contribution in [0.25, 0.3) is 0 Å². The van der Waals surface area contributed by atoms with Crippen LogP contribution < -0.4 is 0 Å². The van der Waals surface area contributed by atoms with Crippen molar-refractivity contribution in [1.29, 1.82) is 0 Å². The largest absolute Gasteiger partial charge is 0.456 e. The molecule has 0 spiro atoms. The van der Waals surface area contributed by atoms with E-state index in [1.54, 1.807) is 20.8 Å². The monoisotopic (exact) mass is 290 g/mol. The Hall–Kier alpha value is 0.360. The Balaban J connectivity index is 4.11. The summed E-state index contributed by atoms with van der Waals surface area (Å²) in [5.74, 6) is -0.981. The first-order valence-corrected chi connectivity index (χ1v) is 4.52. The van der Waals surface area contributed by atoms with Crippen LogP contribution in [0.2, 0.25) is 0 Å². The first kappa shape index (κ1) is 11.4. The molecule has 0 radical (unpaired) electrons. The van der Waals surface area contributed by atoms with E-state index in [0.717, 1.165) is 0 Å². The van der Waals surface area contributed by atoms with Crippen LogP contribution in [-0.2, 0) is 9.53 Å². The van der Waals surface area contributed by atoms with E-state index in [4.69, 9.17) is 4.74 Å². The molecule has 0 fully saturated rings. The summed E-state index contributed by atoms with van der Waals surface area (Å²) < 4.78 is 15.1. The molecule has 0 rings (SSSR count). The predicted molar refractivity (Wildman–Crippen MR) is 47.5 cm³/mol. The molecule has 11 heavy (non-hydrogen) atoms. The Bertz CT molecular complexity index is 157. The van der Waals surface area contributed by atoms with Crippen LogP contribution in [0, 0.1) is 0 Å². The zero-order chi connectivity index (χ0) is 9.28. The average Bonchev–Trinajstić information content (AvgIpc) is 1.56. The van der Waals surface area contributed by atoms with Crippen LogP contribution in [0.4, 0.5) is 4.39 Å². The Kier molecular flexibility index (Phi) is 3.50. The summed E-state index contributed by atoms with van der Waals surface area (Å²) in [6, 6.07) is 0. The number of alkyl halides is 3. The van der Waals surface area contributed by atoms with Crippen molar-refractivity contribution in [3.05, 3.63) is 0 Å². The molecule has 0 heterocycles. The SMILES string of the molecule is CC(C)(C)OC(=O)C(F)(Br)Br. The number of ether oxygens (including phenoxy) is 1. The first-order chi connectivity index (χ1) is 4.63. The van der Waals surface area contributed by atoms with Gasteiger partial charge >= 0.3 is 9.46 Å². The number of halogens is 3. The topological polar surface area (TPSA) is 26.3 Å². The van der Waals surface area contributed by atoms with Gasteiger partial charge in [-0.05, 0) is 52.6 Å². The summed E-state index contributed by atoms with van der Waals surface area (Å²) >= 11 is 4.94. The lowest BCUT2D eigenvalue weighted by molar-refractivity contribution is -0.158. The van der Waals surface area contributed by atoms with E-state index < -0.39 is 15.1 Å². The molecule has 0 saturated carbocycles. The van der Waals surface area contributed by atoms with Gasteiger partial charge in [-0.1, -0.05) is 0 Å². The van der Waals surface area contributed by atoms with Crippen molar-refractivity contribution in [3.63, 3.8) is 0 Å². The second kappa shape index (κ2) is 3.39. The fourth-order valence-corrected chi connectivity index (χ4v) is 0.498. The van der Waals surface area contributed by atoms with E-state index >= 15 is 0 Å². The van der Waals surface area contributed by atoms with Gasteiger partial charge in [0.1, 0.15) is 5.60 Å². The minimum Gasteiger partial charge on any atom is -0.456 e. The lowest BCUT2D eigenvalue weighted by Gasteiger charge is -2.21. The molecular weight excluding hydrogens is 283 g/mol. The molecule has 0 aromatic heterocycles. The number of esters is 1. The molecule has 0 atom stereocenters. The molecule has 0 bridgehead atoms. The van der Waals surface area contributed by atoms with Gasteiger partial charge in [-0.25, -0.2) is 9.18 Å². The van der Waals surface area contributed by atoms with Crippen molar-refractivity contribution in [2.45, 2.75) is 29.9 Å². The summed E-state index contributed by atoms with van der Waals surface area (Å²) in [4.78, 5) is 10.8. The molecule has 0 amide bonds. The highest BCUT2D eigenvalue weighted by Gasteiger charge is 2.36. The van der Waals surface area contributed by atoms with Gasteiger partial charge in [0.2, 0.25) is 0 Å². The normalized spacial score (nSPS) is 12.9. The Morgan fingerprint density at radius 3 is 1.82 bits per heavy atom. The van der Waals surface area contributed by atoms with Gasteiger partial charge in [-0.15, -0.1) is 0 Å². The van der Waals surface area contributed by atoms with Gasteiger partial charge in [-0.2, -0.15) is 0 Å². The molecule has 0 unspecified atom stereocenters. The van der Waals surface area contributed by atoms with Crippen LogP contribution in [0.5, 0.6) is 0 Å². The minimum absolute atomic E-state index is 0.671. The van der Waals surface area contributed by atoms with Gasteiger partial charge in [0.15, 0.2) is 0 Å². The number of hydrogen-bond acceptors (Lipinski definition) is 2. The van der Waals surface area contributed by atoms with Crippen LogP contribution in [0.1, 0.15) is 20.8 Å². The standard InChI is InChI=1S/C6H9Br2FO2/c1-5(2,3)11-4(10)6(7,8)9/h1-3H3. The maximum Gasteiger partial charge on any atom is 0.367 e. The van der Waals surface area contributed by atoms with E-state index in [1.165, 1.54) is 0 Å². The van der Waals surface area contributed by atoms with Crippen molar-refractivity contribution in [3.8, 4) is 0 Å². The second-order valence-corrected chi connectivity index (χ2v) is 6.25. The molecule has 0 aliphatic rings. The third kappa shape index (κ3) is 5.61. The van der Waals surface area contributed by atoms with Gasteiger partial charge in [0.25, 0.3) is 0 Å². The Morgan fingerprint density at radius 1 is 1.36 bits per heavy atom. The van der Waals surface area contributed by atoms with Crippen LogP contribution >= 0.6 is 31.9 Å². The highest BCUT2D eigenvalue weighted by molar-refractivity contribution is 9.25. The quantitative estimate of drug-likeness (QED) is 0.548. The van der Waals surface area contributed by atoms with Gasteiger partial charge < -0.3 is 4.74 Å². The van der Waals surface area contributed by atoms with Crippen LogP contribution in [0.3, 0.4) is 0 Å². The Morgan fingerprint density at radius 2 is 1.73 bits per heavy atom. The molecule has 66 valence electrons. The number of carbonyl (C=O) groups excluding carboxylic acids is 1. The average molecular weight is 292 g/mol. The third-order valence-electron chi connectivity index (χ3n) is 0.630. The fourth-order valence-electron chi connectivity index (χ4n) is 0.336. The van der Waals surface area contributed by atoms with E-state index in [-0.39, 0.29) is 0 Å². The summed E-state index contributed by atoms with van der Waals surface area (Å²) in [5, 5.41) is 0. The van der Waals surface area contributed by atoms with Gasteiger partial charge in [0.05, 0.1) is 0 Å². The molecule has 0 aliphatic carbocycles. The summed E-state index contributed by atoms with van der Waals surface area (Å²) in [6.07, 6.45) is 0. The Labute approximate surface area is 81.7 Å². The number of hydrogen-bond donors (Lipinski definition) is 0. The molecular formula is C6H9Br2FO2. The molecule has 0 aromatic rings. The van der Waals surface area contributed by atoms with E-state index in [9.17, 15) is 9.18 Å². The summed E-state index contributed by atoms with van der Waals surface area (Å²) in [5.41, 5.74) is -0.671. The van der Waals surface area contributed by atoms with Gasteiger partial charge in [0, 0.05) is 0 Å². The van der Waals surface area contributed by atoms with Crippen molar-refractivity contribution in [2.24, 2.45) is 0 Å². The van der Waals surface area contributed by atoms with Crippen molar-refractivity contribution in [2.75, 3.05) is 0 Å². The minimum atomic E-state index is -2.27. The molecule has 0 aliphatic heterocycles. The number of rotatable bonds is 1. The van der Waals surface area contributed by atoms with Crippen LogP contribution in [0.15, 0.2) is 0 Å². The summed E-state index contributed by atoms with van der Waals surface area (Å²) in [7, 11) is 0. The maximum atomic E-state index is 12.7. The number of carbonyl (C=O) groups is 1. The maximum absolute atomic E-state index is 12.7. The molecule has 0 N–H and O–H groups in total. The lowest BCUT2D eigenvalue weighted by Crippen LogP contribution is -2.31. The van der Waals surface area contributed by atoms with Crippen molar-refractivity contribution < 1.29 is 13.9 Å². The zero-order valence-electron chi connectivity index (χ0n) is 6.45. The molecule has 2 nitrogen and oxygen atoms in total. The molecule has 5 heteroatoms. The van der Waals surface area contributed by atoms with Crippen molar-refractivity contribution >= 4 is 37.8 Å². The summed E-state index contributed by atoms with van der Waals surface area (Å²) in [6.45, 7) is 4.99. The smallest absolute Gasteiger partial charge is 0.367 e. The zero-order valence-corrected chi connectivity index (χ0v) is 9.62. The molecule has 0 saturated heterocycles. The first-order valence-electron chi connectivity index (χ1n) is 2.93. The highest BCUT2D eigenvalue weighted by atomic mass is 79.9. The van der Waals surface area contributed by atoms with Crippen LogP contribution in [-0.4, -0.2) is 15.1 Å². The van der Waals surface area contributed by atoms with E-state index in [2.05, 4.69) is 31.9 Å². The van der Waals surface area contributed by atoms with Crippen molar-refractivity contribution in [1.82, 2.24) is 0 Å². The highest BCUT2D eigenvalue weighted by Crippen LogP contribution is 2.30. The third-order valence-corrected chi connectivity index (χ3v) is 1.28.